The zero-order valence-electron chi connectivity index (χ0n) is 10.6. The van der Waals surface area contributed by atoms with E-state index in [9.17, 15) is 4.79 Å². The minimum absolute atomic E-state index is 0.149. The Labute approximate surface area is 106 Å². The fourth-order valence-corrected chi connectivity index (χ4v) is 2.06. The molecule has 0 saturated carbocycles. The molecule has 1 aliphatic rings. The van der Waals surface area contributed by atoms with E-state index in [-0.39, 0.29) is 6.42 Å². The summed E-state index contributed by atoms with van der Waals surface area (Å²) in [5.74, 6) is 0.211. The van der Waals surface area contributed by atoms with Gasteiger partial charge in [-0.15, -0.1) is 0 Å². The molecule has 100 valence electrons. The molecule has 1 aliphatic heterocycles. The van der Waals surface area contributed by atoms with Gasteiger partial charge in [0.1, 0.15) is 5.82 Å². The second-order valence-corrected chi connectivity index (χ2v) is 4.51. The van der Waals surface area contributed by atoms with Crippen molar-refractivity contribution in [3.05, 3.63) is 17.7 Å². The fraction of sp³-hybridized carbons (Fsp3) is 0.667. The summed E-state index contributed by atoms with van der Waals surface area (Å²) >= 11 is 0. The number of rotatable bonds is 5. The van der Waals surface area contributed by atoms with Gasteiger partial charge >= 0.3 is 5.97 Å². The normalized spacial score (nSPS) is 16.9. The van der Waals surface area contributed by atoms with Crippen LogP contribution in [0.4, 0.5) is 0 Å². The molecule has 0 atom stereocenters. The van der Waals surface area contributed by atoms with Crippen molar-refractivity contribution in [1.29, 1.82) is 0 Å². The molecule has 1 N–H and O–H groups in total. The summed E-state index contributed by atoms with van der Waals surface area (Å²) in [7, 11) is 1.94. The van der Waals surface area contributed by atoms with Crippen LogP contribution in [0.25, 0.3) is 0 Å². The van der Waals surface area contributed by atoms with Gasteiger partial charge in [0.2, 0.25) is 0 Å². The number of carboxylic acids is 1. The summed E-state index contributed by atoms with van der Waals surface area (Å²) < 4.78 is 7.30. The molecule has 2 heterocycles. The molecular weight excluding hydrogens is 234 g/mol. The van der Waals surface area contributed by atoms with Crippen LogP contribution in [0, 0.1) is 0 Å². The Morgan fingerprint density at radius 1 is 1.50 bits per heavy atom. The molecule has 1 aromatic heterocycles. The number of aryl methyl sites for hydroxylation is 1. The minimum Gasteiger partial charge on any atom is -0.481 e. The topological polar surface area (TPSA) is 67.6 Å². The molecule has 0 spiro atoms. The van der Waals surface area contributed by atoms with Crippen molar-refractivity contribution in [3.63, 3.8) is 0 Å². The van der Waals surface area contributed by atoms with Gasteiger partial charge in [-0.1, -0.05) is 0 Å². The number of carbonyl (C=O) groups is 1. The van der Waals surface area contributed by atoms with E-state index >= 15 is 0 Å². The number of nitrogens with zero attached hydrogens (tertiary/aromatic N) is 3. The average Bonchev–Trinajstić information content (AvgIpc) is 2.70. The fourth-order valence-electron chi connectivity index (χ4n) is 2.06. The first-order valence-electron chi connectivity index (χ1n) is 6.18. The molecule has 0 aliphatic carbocycles. The largest absolute Gasteiger partial charge is 0.481 e. The highest BCUT2D eigenvalue weighted by Gasteiger charge is 2.14. The van der Waals surface area contributed by atoms with Crippen LogP contribution in [0.15, 0.2) is 6.20 Å². The zero-order valence-corrected chi connectivity index (χ0v) is 10.6. The van der Waals surface area contributed by atoms with Crippen LogP contribution in [-0.4, -0.2) is 51.8 Å². The van der Waals surface area contributed by atoms with E-state index in [0.717, 1.165) is 44.4 Å². The number of hydrogen-bond donors (Lipinski definition) is 1. The third kappa shape index (κ3) is 3.30. The lowest BCUT2D eigenvalue weighted by atomic mass is 10.2. The first-order chi connectivity index (χ1) is 8.66. The van der Waals surface area contributed by atoms with E-state index in [4.69, 9.17) is 9.84 Å². The number of ether oxygens (including phenoxy) is 1. The van der Waals surface area contributed by atoms with Crippen molar-refractivity contribution in [1.82, 2.24) is 14.5 Å². The predicted molar refractivity (Wildman–Crippen MR) is 65.3 cm³/mol. The molecule has 6 nitrogen and oxygen atoms in total. The van der Waals surface area contributed by atoms with Crippen molar-refractivity contribution in [2.45, 2.75) is 19.4 Å². The van der Waals surface area contributed by atoms with Gasteiger partial charge in [-0.25, -0.2) is 4.98 Å². The number of aliphatic carboxylic acids is 1. The van der Waals surface area contributed by atoms with Crippen molar-refractivity contribution < 1.29 is 14.6 Å². The Hall–Kier alpha value is -1.40. The van der Waals surface area contributed by atoms with Gasteiger partial charge in [-0.3, -0.25) is 9.69 Å². The summed E-state index contributed by atoms with van der Waals surface area (Å²) in [5, 5.41) is 8.68. The molecule has 2 rings (SSSR count). The zero-order chi connectivity index (χ0) is 13.0. The second-order valence-electron chi connectivity index (χ2n) is 4.51. The maximum absolute atomic E-state index is 10.6. The molecule has 1 fully saturated rings. The summed E-state index contributed by atoms with van der Waals surface area (Å²) in [5.41, 5.74) is 0.973. The summed E-state index contributed by atoms with van der Waals surface area (Å²) in [6, 6.07) is 0. The molecule has 1 aromatic rings. The molecule has 0 amide bonds. The Kier molecular flexibility index (Phi) is 4.33. The average molecular weight is 253 g/mol. The van der Waals surface area contributed by atoms with Crippen molar-refractivity contribution in [2.75, 3.05) is 26.3 Å². The Balaban J connectivity index is 1.94. The lowest BCUT2D eigenvalue weighted by Crippen LogP contribution is -2.36. The van der Waals surface area contributed by atoms with E-state index in [0.29, 0.717) is 6.42 Å². The Morgan fingerprint density at radius 3 is 2.89 bits per heavy atom. The molecule has 1 saturated heterocycles. The molecular formula is C12H19N3O3. The third-order valence-electron chi connectivity index (χ3n) is 3.24. The van der Waals surface area contributed by atoms with Gasteiger partial charge in [-0.05, 0) is 6.42 Å². The van der Waals surface area contributed by atoms with Crippen LogP contribution in [0.5, 0.6) is 0 Å². The van der Waals surface area contributed by atoms with E-state index < -0.39 is 5.97 Å². The highest BCUT2D eigenvalue weighted by Crippen LogP contribution is 2.09. The van der Waals surface area contributed by atoms with Crippen molar-refractivity contribution in [2.24, 2.45) is 7.05 Å². The van der Waals surface area contributed by atoms with Gasteiger partial charge in [0, 0.05) is 32.0 Å². The quantitative estimate of drug-likeness (QED) is 0.816. The number of imidazole rings is 1. The van der Waals surface area contributed by atoms with Gasteiger partial charge in [0.25, 0.3) is 0 Å². The van der Waals surface area contributed by atoms with E-state index in [2.05, 4.69) is 9.88 Å². The summed E-state index contributed by atoms with van der Waals surface area (Å²) in [6.07, 6.45) is 2.46. The van der Waals surface area contributed by atoms with E-state index in [1.807, 2.05) is 11.6 Å². The molecule has 0 bridgehead atoms. The van der Waals surface area contributed by atoms with Gasteiger partial charge in [0.15, 0.2) is 0 Å². The van der Waals surface area contributed by atoms with E-state index in [1.165, 1.54) is 0 Å². The van der Waals surface area contributed by atoms with Crippen LogP contribution in [0.2, 0.25) is 0 Å². The Morgan fingerprint density at radius 2 is 2.22 bits per heavy atom. The van der Waals surface area contributed by atoms with Gasteiger partial charge in [0.05, 0.1) is 26.2 Å². The van der Waals surface area contributed by atoms with Crippen molar-refractivity contribution in [3.8, 4) is 0 Å². The summed E-state index contributed by atoms with van der Waals surface area (Å²) in [4.78, 5) is 17.2. The lowest BCUT2D eigenvalue weighted by Gasteiger charge is -2.26. The van der Waals surface area contributed by atoms with Crippen LogP contribution in [0.3, 0.4) is 0 Å². The number of carboxylic acid groups (broad SMARTS) is 1. The molecule has 0 aromatic carbocycles. The number of aromatic nitrogens is 2. The van der Waals surface area contributed by atoms with E-state index in [1.54, 1.807) is 6.20 Å². The lowest BCUT2D eigenvalue weighted by molar-refractivity contribution is -0.136. The molecule has 6 heteroatoms. The molecule has 0 radical (unpaired) electrons. The standard InChI is InChI=1S/C12H19N3O3/c1-14-10(2-3-12(16)17)8-13-11(14)9-15-4-6-18-7-5-15/h8H,2-7,9H2,1H3,(H,16,17). The first kappa shape index (κ1) is 13.0. The number of hydrogen-bond acceptors (Lipinski definition) is 4. The van der Waals surface area contributed by atoms with Gasteiger partial charge in [-0.2, -0.15) is 0 Å². The predicted octanol–water partition coefficient (Wildman–Crippen LogP) is 0.269. The van der Waals surface area contributed by atoms with Crippen LogP contribution >= 0.6 is 0 Å². The second kappa shape index (κ2) is 5.97. The minimum atomic E-state index is -0.772. The smallest absolute Gasteiger partial charge is 0.303 e. The van der Waals surface area contributed by atoms with Crippen molar-refractivity contribution >= 4 is 5.97 Å². The van der Waals surface area contributed by atoms with Gasteiger partial charge < -0.3 is 14.4 Å². The Bertz CT molecular complexity index is 411. The van der Waals surface area contributed by atoms with Crippen LogP contribution in [-0.2, 0) is 29.5 Å². The summed E-state index contributed by atoms with van der Waals surface area (Å²) in [6.45, 7) is 4.20. The van der Waals surface area contributed by atoms with Crippen LogP contribution in [0.1, 0.15) is 17.9 Å². The highest BCUT2D eigenvalue weighted by atomic mass is 16.5. The molecule has 18 heavy (non-hydrogen) atoms. The third-order valence-corrected chi connectivity index (χ3v) is 3.24. The molecule has 0 unspecified atom stereocenters. The SMILES string of the molecule is Cn1c(CCC(=O)O)cnc1CN1CCOCC1. The maximum atomic E-state index is 10.6. The van der Waals surface area contributed by atoms with Crippen LogP contribution < -0.4 is 0 Å². The highest BCUT2D eigenvalue weighted by molar-refractivity contribution is 5.66. The maximum Gasteiger partial charge on any atom is 0.303 e. The number of morpholine rings is 1. The monoisotopic (exact) mass is 253 g/mol. The first-order valence-corrected chi connectivity index (χ1v) is 6.18.